The second-order valence-corrected chi connectivity index (χ2v) is 5.84. The molecule has 0 atom stereocenters. The first-order valence-corrected chi connectivity index (χ1v) is 7.62. The van der Waals surface area contributed by atoms with Gasteiger partial charge in [0, 0.05) is 16.5 Å². The van der Waals surface area contributed by atoms with Gasteiger partial charge in [0.1, 0.15) is 0 Å². The first-order chi connectivity index (χ1) is 10.1. The molecule has 0 fully saturated rings. The van der Waals surface area contributed by atoms with Crippen molar-refractivity contribution in [2.75, 3.05) is 0 Å². The van der Waals surface area contributed by atoms with Crippen LogP contribution in [0.3, 0.4) is 0 Å². The summed E-state index contributed by atoms with van der Waals surface area (Å²) in [4.78, 5) is 17.3. The van der Waals surface area contributed by atoms with Crippen molar-refractivity contribution in [2.24, 2.45) is 5.16 Å². The fourth-order valence-electron chi connectivity index (χ4n) is 1.49. The van der Waals surface area contributed by atoms with Crippen molar-refractivity contribution >= 4 is 52.8 Å². The molecule has 0 N–H and O–H groups in total. The van der Waals surface area contributed by atoms with Gasteiger partial charge in [0.05, 0.1) is 16.3 Å². The highest BCUT2D eigenvalue weighted by atomic mass is 35.5. The quantitative estimate of drug-likeness (QED) is 0.342. The van der Waals surface area contributed by atoms with Gasteiger partial charge in [-0.25, -0.2) is 4.79 Å². The number of carbonyl (C=O) groups excluding carboxylic acids is 1. The molecule has 21 heavy (non-hydrogen) atoms. The number of aryl methyl sites for hydroxylation is 1. The summed E-state index contributed by atoms with van der Waals surface area (Å²) >= 11 is 13.5. The van der Waals surface area contributed by atoms with E-state index in [1.165, 1.54) is 12.3 Å². The molecule has 0 bridgehead atoms. The SMILES string of the molecule is Cc1ccsc1C=CC(=O)ON=Cc1c(Cl)cccc1Cl. The Labute approximate surface area is 136 Å². The minimum Gasteiger partial charge on any atom is -0.313 e. The topological polar surface area (TPSA) is 38.7 Å². The molecular formula is C15H11Cl2NO2S. The fourth-order valence-corrected chi connectivity index (χ4v) is 2.81. The van der Waals surface area contributed by atoms with Crippen LogP contribution in [-0.4, -0.2) is 12.2 Å². The summed E-state index contributed by atoms with van der Waals surface area (Å²) in [6, 6.07) is 7.06. The highest BCUT2D eigenvalue weighted by Gasteiger charge is 2.03. The Bertz CT molecular complexity index is 687. The molecule has 2 rings (SSSR count). The van der Waals surface area contributed by atoms with Gasteiger partial charge in [-0.2, -0.15) is 0 Å². The largest absolute Gasteiger partial charge is 0.358 e. The Kier molecular flexibility index (Phi) is 5.56. The van der Waals surface area contributed by atoms with Crippen molar-refractivity contribution in [3.05, 3.63) is 61.8 Å². The van der Waals surface area contributed by atoms with Gasteiger partial charge in [0.15, 0.2) is 0 Å². The minimum absolute atomic E-state index is 0.437. The average Bonchev–Trinajstić information content (AvgIpc) is 2.85. The number of thiophene rings is 1. The molecule has 1 heterocycles. The summed E-state index contributed by atoms with van der Waals surface area (Å²) in [6.45, 7) is 1.97. The van der Waals surface area contributed by atoms with Gasteiger partial charge in [-0.3, -0.25) is 0 Å². The van der Waals surface area contributed by atoms with Crippen LogP contribution in [0.5, 0.6) is 0 Å². The van der Waals surface area contributed by atoms with Crippen LogP contribution in [0.4, 0.5) is 0 Å². The number of rotatable bonds is 4. The molecular weight excluding hydrogens is 329 g/mol. The van der Waals surface area contributed by atoms with Crippen molar-refractivity contribution in [2.45, 2.75) is 6.92 Å². The summed E-state index contributed by atoms with van der Waals surface area (Å²) in [5, 5.41) is 6.42. The third-order valence-electron chi connectivity index (χ3n) is 2.60. The molecule has 0 saturated carbocycles. The predicted octanol–water partition coefficient (Wildman–Crippen LogP) is 4.95. The molecule has 2 aromatic rings. The first-order valence-electron chi connectivity index (χ1n) is 5.98. The monoisotopic (exact) mass is 339 g/mol. The standard InChI is InChI=1S/C15H11Cl2NO2S/c1-10-7-8-21-14(10)5-6-15(19)20-18-9-11-12(16)3-2-4-13(11)17/h2-9H,1H3. The third-order valence-corrected chi connectivity index (χ3v) is 4.24. The van der Waals surface area contributed by atoms with Gasteiger partial charge >= 0.3 is 5.97 Å². The lowest BCUT2D eigenvalue weighted by atomic mass is 10.2. The number of oxime groups is 1. The number of nitrogens with zero attached hydrogens (tertiary/aromatic N) is 1. The van der Waals surface area contributed by atoms with Crippen molar-refractivity contribution in [3.63, 3.8) is 0 Å². The van der Waals surface area contributed by atoms with Gasteiger partial charge in [0.25, 0.3) is 0 Å². The minimum atomic E-state index is -0.567. The van der Waals surface area contributed by atoms with Crippen LogP contribution >= 0.6 is 34.5 Å². The zero-order chi connectivity index (χ0) is 15.2. The van der Waals surface area contributed by atoms with Crippen molar-refractivity contribution in [1.82, 2.24) is 0 Å². The molecule has 0 amide bonds. The van der Waals surface area contributed by atoms with Gasteiger partial charge in [-0.15, -0.1) is 11.3 Å². The average molecular weight is 340 g/mol. The maximum atomic E-state index is 11.5. The fraction of sp³-hybridized carbons (Fsp3) is 0.0667. The van der Waals surface area contributed by atoms with Crippen LogP contribution < -0.4 is 0 Å². The molecule has 0 aliphatic heterocycles. The Balaban J connectivity index is 1.97. The summed E-state index contributed by atoms with van der Waals surface area (Å²) in [5.74, 6) is -0.567. The smallest absolute Gasteiger partial charge is 0.313 e. The lowest BCUT2D eigenvalue weighted by molar-refractivity contribution is -0.137. The molecule has 1 aromatic carbocycles. The molecule has 1 aromatic heterocycles. The maximum Gasteiger partial charge on any atom is 0.358 e. The second kappa shape index (κ2) is 7.41. The Morgan fingerprint density at radius 3 is 2.62 bits per heavy atom. The van der Waals surface area contributed by atoms with E-state index in [-0.39, 0.29) is 0 Å². The summed E-state index contributed by atoms with van der Waals surface area (Å²) in [5.41, 5.74) is 1.61. The van der Waals surface area contributed by atoms with Crippen molar-refractivity contribution in [3.8, 4) is 0 Å². The van der Waals surface area contributed by atoms with Crippen LogP contribution in [0.25, 0.3) is 6.08 Å². The van der Waals surface area contributed by atoms with Gasteiger partial charge in [-0.05, 0) is 42.1 Å². The number of carbonyl (C=O) groups is 1. The van der Waals surface area contributed by atoms with E-state index in [9.17, 15) is 4.79 Å². The van der Waals surface area contributed by atoms with Crippen LogP contribution in [0.2, 0.25) is 10.0 Å². The van der Waals surface area contributed by atoms with E-state index in [4.69, 9.17) is 28.0 Å². The maximum absolute atomic E-state index is 11.5. The summed E-state index contributed by atoms with van der Waals surface area (Å²) in [7, 11) is 0. The number of hydrogen-bond acceptors (Lipinski definition) is 4. The molecule has 0 aliphatic rings. The Hall–Kier alpha value is -1.62. The predicted molar refractivity (Wildman–Crippen MR) is 88.2 cm³/mol. The molecule has 0 saturated heterocycles. The van der Waals surface area contributed by atoms with Gasteiger partial charge in [-0.1, -0.05) is 34.4 Å². The van der Waals surface area contributed by atoms with E-state index < -0.39 is 5.97 Å². The number of halogens is 2. The van der Waals surface area contributed by atoms with Crippen molar-refractivity contribution < 1.29 is 9.63 Å². The first kappa shape index (κ1) is 15.8. The normalized spacial score (nSPS) is 11.4. The summed E-state index contributed by atoms with van der Waals surface area (Å²) in [6.07, 6.45) is 4.33. The lowest BCUT2D eigenvalue weighted by Crippen LogP contribution is -1.95. The van der Waals surface area contributed by atoms with Crippen LogP contribution in [0, 0.1) is 6.92 Å². The lowest BCUT2D eigenvalue weighted by Gasteiger charge is -1.99. The molecule has 0 spiro atoms. The third kappa shape index (κ3) is 4.43. The van der Waals surface area contributed by atoms with Gasteiger partial charge < -0.3 is 4.84 Å². The number of hydrogen-bond donors (Lipinski definition) is 0. The molecule has 0 radical (unpaired) electrons. The van der Waals surface area contributed by atoms with Crippen LogP contribution in [-0.2, 0) is 9.63 Å². The molecule has 0 aliphatic carbocycles. The van der Waals surface area contributed by atoms with E-state index in [1.54, 1.807) is 35.6 Å². The summed E-state index contributed by atoms with van der Waals surface area (Å²) < 4.78 is 0. The second-order valence-electron chi connectivity index (χ2n) is 4.08. The molecule has 108 valence electrons. The van der Waals surface area contributed by atoms with Crippen LogP contribution in [0.15, 0.2) is 40.9 Å². The Morgan fingerprint density at radius 2 is 2.00 bits per heavy atom. The number of benzene rings is 1. The van der Waals surface area contributed by atoms with E-state index in [0.29, 0.717) is 15.6 Å². The van der Waals surface area contributed by atoms with E-state index in [1.807, 2.05) is 18.4 Å². The highest BCUT2D eigenvalue weighted by Crippen LogP contribution is 2.22. The zero-order valence-corrected chi connectivity index (χ0v) is 13.4. The van der Waals surface area contributed by atoms with Crippen molar-refractivity contribution in [1.29, 1.82) is 0 Å². The van der Waals surface area contributed by atoms with E-state index in [0.717, 1.165) is 10.4 Å². The molecule has 3 nitrogen and oxygen atoms in total. The molecule has 6 heteroatoms. The van der Waals surface area contributed by atoms with Gasteiger partial charge in [0.2, 0.25) is 0 Å². The van der Waals surface area contributed by atoms with E-state index in [2.05, 4.69) is 5.16 Å². The highest BCUT2D eigenvalue weighted by molar-refractivity contribution is 7.11. The molecule has 0 unspecified atom stereocenters. The van der Waals surface area contributed by atoms with Crippen LogP contribution in [0.1, 0.15) is 16.0 Å². The zero-order valence-electron chi connectivity index (χ0n) is 11.0. The Morgan fingerprint density at radius 1 is 1.29 bits per heavy atom. The van der Waals surface area contributed by atoms with E-state index >= 15 is 0 Å².